The van der Waals surface area contributed by atoms with Crippen molar-refractivity contribution in [2.45, 2.75) is 44.8 Å². The molecule has 0 unspecified atom stereocenters. The third-order valence-electron chi connectivity index (χ3n) is 4.72. The Balaban J connectivity index is 2.36. The quantitative estimate of drug-likeness (QED) is 0.499. The lowest BCUT2D eigenvalue weighted by Crippen LogP contribution is -2.67. The van der Waals surface area contributed by atoms with Crippen LogP contribution in [0.5, 0.6) is 0 Å². The van der Waals surface area contributed by atoms with Gasteiger partial charge in [0.25, 0.3) is 8.32 Å². The van der Waals surface area contributed by atoms with Gasteiger partial charge in [0, 0.05) is 6.42 Å². The van der Waals surface area contributed by atoms with Crippen molar-refractivity contribution in [2.24, 2.45) is 0 Å². The van der Waals surface area contributed by atoms with Crippen molar-refractivity contribution in [3.8, 4) is 0 Å². The van der Waals surface area contributed by atoms with Crippen molar-refractivity contribution in [3.63, 3.8) is 0 Å². The molecule has 1 atom stereocenters. The number of hydrogen-bond donors (Lipinski definition) is 2. The van der Waals surface area contributed by atoms with Crippen LogP contribution in [0.3, 0.4) is 0 Å². The summed E-state index contributed by atoms with van der Waals surface area (Å²) in [7, 11) is -2.78. The number of aliphatic hydroxyl groups excluding tert-OH is 1. The third kappa shape index (κ3) is 5.16. The molecule has 0 aliphatic rings. The van der Waals surface area contributed by atoms with Crippen molar-refractivity contribution < 1.29 is 24.2 Å². The molecular formula is C22H28O5Si. The van der Waals surface area contributed by atoms with E-state index in [1.165, 1.54) is 0 Å². The van der Waals surface area contributed by atoms with Gasteiger partial charge in [-0.25, -0.2) is 0 Å². The average Bonchev–Trinajstić information content (AvgIpc) is 2.62. The summed E-state index contributed by atoms with van der Waals surface area (Å²) in [6.07, 6.45) is -1.87. The van der Waals surface area contributed by atoms with Crippen LogP contribution in [0.15, 0.2) is 60.7 Å². The molecular weight excluding hydrogens is 372 g/mol. The second-order valence-electron chi connectivity index (χ2n) is 7.94. The molecule has 2 aromatic carbocycles. The lowest BCUT2D eigenvalue weighted by atomic mass is 10.1. The van der Waals surface area contributed by atoms with Crippen LogP contribution in [0.25, 0.3) is 0 Å². The monoisotopic (exact) mass is 400 g/mol. The number of carbonyl (C=O) groups excluding carboxylic acids is 1. The van der Waals surface area contributed by atoms with E-state index < -0.39 is 32.6 Å². The van der Waals surface area contributed by atoms with E-state index in [9.17, 15) is 14.7 Å². The summed E-state index contributed by atoms with van der Waals surface area (Å²) in [6, 6.07) is 20.0. The number of benzene rings is 2. The Labute approximate surface area is 167 Å². The second kappa shape index (κ2) is 9.27. The first kappa shape index (κ1) is 22.0. The summed E-state index contributed by atoms with van der Waals surface area (Å²) in [4.78, 5) is 22.4. The van der Waals surface area contributed by atoms with Crippen LogP contribution in [0.4, 0.5) is 0 Å². The van der Waals surface area contributed by atoms with E-state index in [-0.39, 0.29) is 18.1 Å². The molecule has 0 amide bonds. The summed E-state index contributed by atoms with van der Waals surface area (Å²) in [6.45, 7) is 6.35. The Bertz CT molecular complexity index is 744. The highest BCUT2D eigenvalue weighted by Gasteiger charge is 2.50. The van der Waals surface area contributed by atoms with Crippen molar-refractivity contribution in [1.82, 2.24) is 0 Å². The third-order valence-corrected chi connectivity index (χ3v) is 9.73. The largest absolute Gasteiger partial charge is 0.481 e. The number of carboxylic acid groups (broad SMARTS) is 1. The van der Waals surface area contributed by atoms with E-state index in [0.29, 0.717) is 0 Å². The number of aliphatic hydroxyl groups is 1. The number of aliphatic carboxylic acids is 1. The van der Waals surface area contributed by atoms with Gasteiger partial charge >= 0.3 is 5.97 Å². The molecule has 0 aromatic heterocycles. The van der Waals surface area contributed by atoms with E-state index in [0.717, 1.165) is 10.4 Å². The van der Waals surface area contributed by atoms with Crippen LogP contribution < -0.4 is 10.4 Å². The van der Waals surface area contributed by atoms with Crippen LogP contribution in [0.2, 0.25) is 5.04 Å². The Morgan fingerprint density at radius 3 is 1.82 bits per heavy atom. The van der Waals surface area contributed by atoms with Gasteiger partial charge in [-0.15, -0.1) is 0 Å². The Morgan fingerprint density at radius 2 is 1.43 bits per heavy atom. The smallest absolute Gasteiger partial charge is 0.310 e. The fourth-order valence-electron chi connectivity index (χ4n) is 3.55. The molecule has 5 nitrogen and oxygen atoms in total. The van der Waals surface area contributed by atoms with Gasteiger partial charge in [0.2, 0.25) is 0 Å². The van der Waals surface area contributed by atoms with E-state index in [4.69, 9.17) is 9.53 Å². The van der Waals surface area contributed by atoms with E-state index >= 15 is 0 Å². The van der Waals surface area contributed by atoms with Gasteiger partial charge in [-0.1, -0.05) is 81.4 Å². The average molecular weight is 401 g/mol. The number of Topliss-reactive ketones (excluding diaryl/α,β-unsaturated/α-hetero) is 1. The molecule has 0 saturated heterocycles. The van der Waals surface area contributed by atoms with Crippen LogP contribution in [-0.2, 0) is 14.0 Å². The molecule has 0 fully saturated rings. The molecule has 0 bridgehead atoms. The maximum absolute atomic E-state index is 11.7. The summed E-state index contributed by atoms with van der Waals surface area (Å²) in [5.41, 5.74) is 0. The normalized spacial score (nSPS) is 13.1. The van der Waals surface area contributed by atoms with Gasteiger partial charge in [0.15, 0.2) is 0 Å². The molecule has 28 heavy (non-hydrogen) atoms. The van der Waals surface area contributed by atoms with E-state index in [1.807, 2.05) is 60.7 Å². The van der Waals surface area contributed by atoms with Gasteiger partial charge in [0.1, 0.15) is 12.2 Å². The summed E-state index contributed by atoms with van der Waals surface area (Å²) in [5.74, 6) is -1.70. The maximum atomic E-state index is 11.7. The molecule has 0 saturated carbocycles. The summed E-state index contributed by atoms with van der Waals surface area (Å²) in [5, 5.41) is 21.0. The van der Waals surface area contributed by atoms with Gasteiger partial charge in [-0.2, -0.15) is 0 Å². The number of hydrogen-bond acceptors (Lipinski definition) is 4. The molecule has 0 spiro atoms. The minimum Gasteiger partial charge on any atom is -0.481 e. The van der Waals surface area contributed by atoms with Crippen LogP contribution >= 0.6 is 0 Å². The molecule has 2 N–H and O–H groups in total. The van der Waals surface area contributed by atoms with Gasteiger partial charge in [-0.3, -0.25) is 9.59 Å². The van der Waals surface area contributed by atoms with Crippen LogP contribution in [0.1, 0.15) is 33.6 Å². The van der Waals surface area contributed by atoms with E-state index in [2.05, 4.69) is 20.8 Å². The highest BCUT2D eigenvalue weighted by molar-refractivity contribution is 6.99. The number of carbonyl (C=O) groups is 2. The standard InChI is InChI=1S/C22H28O5Si/c1-22(2,3)28(19-10-6-4-7-11-19,20-12-8-5-9-13-20)27-16-18(24)14-17(23)15-21(25)26/h4-13,18,24H,14-16H2,1-3H3,(H,25,26)/t18-/m0/s1. The topological polar surface area (TPSA) is 83.8 Å². The molecule has 150 valence electrons. The predicted octanol–water partition coefficient (Wildman–Crippen LogP) is 2.36. The molecule has 0 heterocycles. The Kier molecular flexibility index (Phi) is 7.29. The Morgan fingerprint density at radius 1 is 0.964 bits per heavy atom. The van der Waals surface area contributed by atoms with Crippen LogP contribution in [0, 0.1) is 0 Å². The zero-order chi connectivity index (χ0) is 20.8. The summed E-state index contributed by atoms with van der Waals surface area (Å²) < 4.78 is 6.52. The zero-order valence-corrected chi connectivity index (χ0v) is 17.6. The highest BCUT2D eigenvalue weighted by Crippen LogP contribution is 2.36. The van der Waals surface area contributed by atoms with Crippen molar-refractivity contribution in [3.05, 3.63) is 60.7 Å². The first-order chi connectivity index (χ1) is 13.2. The predicted molar refractivity (Wildman–Crippen MR) is 111 cm³/mol. The van der Waals surface area contributed by atoms with E-state index in [1.54, 1.807) is 0 Å². The molecule has 6 heteroatoms. The molecule has 0 aliphatic heterocycles. The highest BCUT2D eigenvalue weighted by atomic mass is 28.4. The van der Waals surface area contributed by atoms with Crippen molar-refractivity contribution in [1.29, 1.82) is 0 Å². The van der Waals surface area contributed by atoms with Crippen LogP contribution in [-0.4, -0.2) is 43.0 Å². The fraction of sp³-hybridized carbons (Fsp3) is 0.364. The van der Waals surface area contributed by atoms with Crippen molar-refractivity contribution >= 4 is 30.4 Å². The maximum Gasteiger partial charge on any atom is 0.310 e. The minimum absolute atomic E-state index is 0.0291. The van der Waals surface area contributed by atoms with Gasteiger partial charge < -0.3 is 14.6 Å². The SMILES string of the molecule is CC(C)(C)[Si](OC[C@@H](O)CC(=O)CC(=O)O)(c1ccccc1)c1ccccc1. The fourth-order valence-corrected chi connectivity index (χ4v) is 8.14. The molecule has 0 aliphatic carbocycles. The second-order valence-corrected chi connectivity index (χ2v) is 12.2. The zero-order valence-electron chi connectivity index (χ0n) is 16.6. The van der Waals surface area contributed by atoms with Gasteiger partial charge in [-0.05, 0) is 15.4 Å². The van der Waals surface area contributed by atoms with Gasteiger partial charge in [0.05, 0.1) is 12.7 Å². The summed E-state index contributed by atoms with van der Waals surface area (Å²) >= 11 is 0. The number of rotatable bonds is 9. The molecule has 0 radical (unpaired) electrons. The number of ketones is 1. The minimum atomic E-state index is -2.78. The first-order valence-electron chi connectivity index (χ1n) is 9.33. The Hall–Kier alpha value is -2.28. The lowest BCUT2D eigenvalue weighted by Gasteiger charge is -2.43. The van der Waals surface area contributed by atoms with Crippen molar-refractivity contribution in [2.75, 3.05) is 6.61 Å². The first-order valence-corrected chi connectivity index (χ1v) is 11.2. The number of carboxylic acids is 1. The molecule has 2 rings (SSSR count). The molecule has 2 aromatic rings. The lowest BCUT2D eigenvalue weighted by molar-refractivity contribution is -0.140.